The van der Waals surface area contributed by atoms with E-state index in [9.17, 15) is 0 Å². The molecule has 1 aliphatic heterocycles. The molecule has 4 nitrogen and oxygen atoms in total. The third kappa shape index (κ3) is 2.14. The van der Waals surface area contributed by atoms with Crippen LogP contribution in [0.2, 0.25) is 0 Å². The zero-order valence-corrected chi connectivity index (χ0v) is 11.1. The molecule has 4 heteroatoms. The molecule has 0 amide bonds. The number of hydrogen-bond acceptors (Lipinski definition) is 3. The van der Waals surface area contributed by atoms with E-state index in [1.54, 1.807) is 0 Å². The van der Waals surface area contributed by atoms with E-state index in [0.717, 1.165) is 36.7 Å². The van der Waals surface area contributed by atoms with Crippen molar-refractivity contribution in [2.75, 3.05) is 13.2 Å². The van der Waals surface area contributed by atoms with Gasteiger partial charge in [-0.15, -0.1) is 0 Å². The van der Waals surface area contributed by atoms with E-state index in [-0.39, 0.29) is 0 Å². The molecule has 0 radical (unpaired) electrons. The van der Waals surface area contributed by atoms with Gasteiger partial charge in [0, 0.05) is 31.9 Å². The highest BCUT2D eigenvalue weighted by Gasteiger charge is 2.29. The normalized spacial score (nSPS) is 21.1. The molecular weight excluding hydrogens is 238 g/mol. The number of ether oxygens (including phenoxy) is 1. The maximum atomic E-state index is 5.45. The van der Waals surface area contributed by atoms with Crippen LogP contribution in [0.3, 0.4) is 0 Å². The Labute approximate surface area is 112 Å². The first-order valence-corrected chi connectivity index (χ1v) is 7.31. The summed E-state index contributed by atoms with van der Waals surface area (Å²) in [4.78, 5) is 9.36. The highest BCUT2D eigenvalue weighted by atomic mass is 16.5. The van der Waals surface area contributed by atoms with Crippen LogP contribution in [0.5, 0.6) is 0 Å². The molecule has 0 N–H and O–H groups in total. The second-order valence-electron chi connectivity index (χ2n) is 5.74. The first kappa shape index (κ1) is 11.4. The topological polar surface area (TPSA) is 39.9 Å². The van der Waals surface area contributed by atoms with E-state index in [4.69, 9.17) is 9.72 Å². The van der Waals surface area contributed by atoms with Gasteiger partial charge < -0.3 is 9.30 Å². The summed E-state index contributed by atoms with van der Waals surface area (Å²) in [5.74, 6) is 1.96. The summed E-state index contributed by atoms with van der Waals surface area (Å²) in [6, 6.07) is 4.70. The first-order chi connectivity index (χ1) is 9.42. The van der Waals surface area contributed by atoms with Crippen LogP contribution in [0.1, 0.15) is 37.5 Å². The maximum absolute atomic E-state index is 5.45. The smallest absolute Gasteiger partial charge is 0.160 e. The van der Waals surface area contributed by atoms with E-state index in [1.165, 1.54) is 31.5 Å². The second kappa shape index (κ2) is 4.60. The number of nitrogens with zero attached hydrogens (tertiary/aromatic N) is 3. The monoisotopic (exact) mass is 257 g/mol. The summed E-state index contributed by atoms with van der Waals surface area (Å²) < 4.78 is 7.84. The number of imidazole rings is 1. The van der Waals surface area contributed by atoms with Crippen molar-refractivity contribution in [3.05, 3.63) is 24.2 Å². The van der Waals surface area contributed by atoms with Gasteiger partial charge in [-0.2, -0.15) is 0 Å². The molecule has 2 fully saturated rings. The van der Waals surface area contributed by atoms with Gasteiger partial charge in [0.1, 0.15) is 11.3 Å². The van der Waals surface area contributed by atoms with Crippen molar-refractivity contribution in [3.8, 4) is 0 Å². The fraction of sp³-hybridized carbons (Fsp3) is 0.600. The summed E-state index contributed by atoms with van der Waals surface area (Å²) in [6.45, 7) is 1.82. The van der Waals surface area contributed by atoms with E-state index in [0.29, 0.717) is 6.04 Å². The van der Waals surface area contributed by atoms with Crippen LogP contribution in [0.25, 0.3) is 11.2 Å². The van der Waals surface area contributed by atoms with Crippen LogP contribution in [0.15, 0.2) is 18.3 Å². The molecule has 1 saturated heterocycles. The minimum Gasteiger partial charge on any atom is -0.381 e. The van der Waals surface area contributed by atoms with E-state index in [2.05, 4.69) is 15.6 Å². The standard InChI is InChI=1S/C15H19N3O/c1-2-13-15(16-7-1)18(12-3-4-12)14(17-13)10-11-5-8-19-9-6-11/h1-2,7,11-12H,3-6,8-10H2. The third-order valence-electron chi connectivity index (χ3n) is 4.25. The van der Waals surface area contributed by atoms with Crippen LogP contribution in [-0.4, -0.2) is 27.7 Å². The molecule has 0 unspecified atom stereocenters. The number of fused-ring (bicyclic) bond motifs is 1. The van der Waals surface area contributed by atoms with Crippen molar-refractivity contribution in [3.63, 3.8) is 0 Å². The molecule has 0 bridgehead atoms. The van der Waals surface area contributed by atoms with Gasteiger partial charge in [-0.05, 0) is 43.7 Å². The Balaban J connectivity index is 1.69. The largest absolute Gasteiger partial charge is 0.381 e. The molecule has 4 rings (SSSR count). The lowest BCUT2D eigenvalue weighted by molar-refractivity contribution is 0.0657. The minimum absolute atomic E-state index is 0.648. The minimum atomic E-state index is 0.648. The van der Waals surface area contributed by atoms with Gasteiger partial charge in [0.05, 0.1) is 0 Å². The fourth-order valence-corrected chi connectivity index (χ4v) is 3.05. The van der Waals surface area contributed by atoms with Gasteiger partial charge >= 0.3 is 0 Å². The number of rotatable bonds is 3. The Morgan fingerprint density at radius 2 is 2.05 bits per heavy atom. The predicted octanol–water partition coefficient (Wildman–Crippen LogP) is 2.74. The van der Waals surface area contributed by atoms with Gasteiger partial charge in [-0.25, -0.2) is 9.97 Å². The molecule has 1 aliphatic carbocycles. The summed E-state index contributed by atoms with van der Waals surface area (Å²) in [7, 11) is 0. The zero-order valence-electron chi connectivity index (χ0n) is 11.1. The van der Waals surface area contributed by atoms with E-state index < -0.39 is 0 Å². The molecule has 0 atom stereocenters. The van der Waals surface area contributed by atoms with Crippen LogP contribution in [-0.2, 0) is 11.2 Å². The van der Waals surface area contributed by atoms with Gasteiger partial charge in [-0.3, -0.25) is 0 Å². The molecule has 2 aliphatic rings. The van der Waals surface area contributed by atoms with Crippen LogP contribution >= 0.6 is 0 Å². The summed E-state index contributed by atoms with van der Waals surface area (Å²) in [5, 5.41) is 0. The van der Waals surface area contributed by atoms with Crippen molar-refractivity contribution >= 4 is 11.2 Å². The van der Waals surface area contributed by atoms with Crippen LogP contribution < -0.4 is 0 Å². The quantitative estimate of drug-likeness (QED) is 0.848. The van der Waals surface area contributed by atoms with Gasteiger partial charge in [0.25, 0.3) is 0 Å². The second-order valence-corrected chi connectivity index (χ2v) is 5.74. The van der Waals surface area contributed by atoms with E-state index >= 15 is 0 Å². The Kier molecular flexibility index (Phi) is 2.76. The van der Waals surface area contributed by atoms with Crippen molar-refractivity contribution in [1.29, 1.82) is 0 Å². The van der Waals surface area contributed by atoms with Crippen molar-refractivity contribution in [1.82, 2.24) is 14.5 Å². The number of hydrogen-bond donors (Lipinski definition) is 0. The van der Waals surface area contributed by atoms with Gasteiger partial charge in [0.15, 0.2) is 5.65 Å². The molecular formula is C15H19N3O. The van der Waals surface area contributed by atoms with Crippen molar-refractivity contribution < 1.29 is 4.74 Å². The molecule has 3 heterocycles. The van der Waals surface area contributed by atoms with E-state index in [1.807, 2.05) is 12.3 Å². The lowest BCUT2D eigenvalue weighted by Crippen LogP contribution is -2.19. The average molecular weight is 257 g/mol. The Hall–Kier alpha value is -1.42. The molecule has 0 aromatic carbocycles. The maximum Gasteiger partial charge on any atom is 0.160 e. The lowest BCUT2D eigenvalue weighted by Gasteiger charge is -2.21. The number of aromatic nitrogens is 3. The molecule has 1 saturated carbocycles. The Bertz CT molecular complexity index is 582. The molecule has 0 spiro atoms. The molecule has 2 aromatic rings. The lowest BCUT2D eigenvalue weighted by atomic mass is 9.96. The Morgan fingerprint density at radius 3 is 2.84 bits per heavy atom. The van der Waals surface area contributed by atoms with Gasteiger partial charge in [0.2, 0.25) is 0 Å². The van der Waals surface area contributed by atoms with Gasteiger partial charge in [-0.1, -0.05) is 0 Å². The average Bonchev–Trinajstić information content (AvgIpc) is 3.21. The predicted molar refractivity (Wildman–Crippen MR) is 73.0 cm³/mol. The Morgan fingerprint density at radius 1 is 1.21 bits per heavy atom. The molecule has 2 aromatic heterocycles. The summed E-state index contributed by atoms with van der Waals surface area (Å²) >= 11 is 0. The zero-order chi connectivity index (χ0) is 12.7. The summed E-state index contributed by atoms with van der Waals surface area (Å²) in [6.07, 6.45) is 7.85. The third-order valence-corrected chi connectivity index (χ3v) is 4.25. The molecule has 100 valence electrons. The fourth-order valence-electron chi connectivity index (χ4n) is 3.05. The number of pyridine rings is 1. The highest BCUT2D eigenvalue weighted by molar-refractivity contribution is 5.71. The van der Waals surface area contributed by atoms with Crippen LogP contribution in [0.4, 0.5) is 0 Å². The highest BCUT2D eigenvalue weighted by Crippen LogP contribution is 2.38. The van der Waals surface area contributed by atoms with Crippen molar-refractivity contribution in [2.24, 2.45) is 5.92 Å². The SMILES string of the molecule is c1cnc2c(c1)nc(CC1CCOCC1)n2C1CC1. The van der Waals surface area contributed by atoms with Crippen LogP contribution in [0, 0.1) is 5.92 Å². The van der Waals surface area contributed by atoms with Crippen molar-refractivity contribution in [2.45, 2.75) is 38.1 Å². The first-order valence-electron chi connectivity index (χ1n) is 7.31. The molecule has 19 heavy (non-hydrogen) atoms. The summed E-state index contributed by atoms with van der Waals surface area (Å²) in [5.41, 5.74) is 2.13.